The summed E-state index contributed by atoms with van der Waals surface area (Å²) in [5, 5.41) is 11.3. The minimum atomic E-state index is -6.01. The predicted octanol–water partition coefficient (Wildman–Crippen LogP) is 3.94. The zero-order chi connectivity index (χ0) is 24.7. The number of nitrogens with zero attached hydrogens (tertiary/aromatic N) is 2. The molecule has 0 atom stereocenters. The number of halogens is 6. The van der Waals surface area contributed by atoms with Crippen LogP contribution in [0.3, 0.4) is 0 Å². The van der Waals surface area contributed by atoms with Gasteiger partial charge in [0.25, 0.3) is 15.6 Å². The van der Waals surface area contributed by atoms with Crippen LogP contribution in [0.5, 0.6) is 0 Å². The molecule has 0 radical (unpaired) electrons. The third kappa shape index (κ3) is 4.57. The summed E-state index contributed by atoms with van der Waals surface area (Å²) < 4.78 is 106. The second kappa shape index (κ2) is 8.83. The number of hydrogen-bond donors (Lipinski definition) is 1. The van der Waals surface area contributed by atoms with Crippen LogP contribution in [0.4, 0.5) is 32.0 Å². The fraction of sp³-hybridized carbons (Fsp3) is 0.400. The molecule has 1 N–H and O–H groups in total. The monoisotopic (exact) mass is 512 g/mol. The van der Waals surface area contributed by atoms with E-state index in [2.05, 4.69) is 11.8 Å². The first-order chi connectivity index (χ1) is 15.2. The molecular formula is C20H18F6N2O3S2. The van der Waals surface area contributed by atoms with Gasteiger partial charge in [0.1, 0.15) is 4.21 Å². The highest BCUT2D eigenvalue weighted by atomic mass is 32.2. The van der Waals surface area contributed by atoms with Crippen molar-refractivity contribution >= 4 is 27.0 Å². The van der Waals surface area contributed by atoms with E-state index in [4.69, 9.17) is 0 Å². The Labute approximate surface area is 190 Å². The number of aliphatic hydroxyl groups is 1. The Kier molecular flexibility index (Phi) is 6.78. The molecule has 13 heteroatoms. The topological polar surface area (TPSA) is 60.9 Å². The van der Waals surface area contributed by atoms with Gasteiger partial charge < -0.3 is 10.0 Å². The Morgan fingerprint density at radius 2 is 1.61 bits per heavy atom. The lowest BCUT2D eigenvalue weighted by molar-refractivity contribution is -0.376. The zero-order valence-corrected chi connectivity index (χ0v) is 18.7. The van der Waals surface area contributed by atoms with Crippen molar-refractivity contribution in [2.45, 2.75) is 29.1 Å². The second-order valence-electron chi connectivity index (χ2n) is 7.14. The largest absolute Gasteiger partial charge is 0.430 e. The molecule has 0 aliphatic carbocycles. The molecule has 2 aromatic rings. The SMILES string of the molecule is CC#Cc1cc(C(O)(C(F)(F)F)C(F)(F)F)ccc1N1CCN(S(=O)(=O)c2cccs2)CC1. The van der Waals surface area contributed by atoms with E-state index < -0.39 is 33.5 Å². The number of piperazine rings is 1. The van der Waals surface area contributed by atoms with Gasteiger partial charge in [0.15, 0.2) is 0 Å². The van der Waals surface area contributed by atoms with Crippen LogP contribution >= 0.6 is 11.3 Å². The molecule has 0 unspecified atom stereocenters. The summed E-state index contributed by atoms with van der Waals surface area (Å²) in [6.07, 6.45) is -12.0. The van der Waals surface area contributed by atoms with E-state index in [9.17, 15) is 39.9 Å². The van der Waals surface area contributed by atoms with Gasteiger partial charge in [-0.3, -0.25) is 0 Å². The summed E-state index contributed by atoms with van der Waals surface area (Å²) in [5.41, 5.74) is -6.36. The molecule has 0 spiro atoms. The smallest absolute Gasteiger partial charge is 0.369 e. The molecular weight excluding hydrogens is 494 g/mol. The van der Waals surface area contributed by atoms with E-state index in [0.29, 0.717) is 12.1 Å². The van der Waals surface area contributed by atoms with Crippen LogP contribution in [0.2, 0.25) is 0 Å². The van der Waals surface area contributed by atoms with Crippen LogP contribution < -0.4 is 4.90 Å². The first-order valence-corrected chi connectivity index (χ1v) is 11.8. The standard InChI is InChI=1S/C20H18F6N2O3S2/c1-2-4-14-13-15(18(29,19(21,22)23)20(24,25)26)6-7-16(14)27-8-10-28(11-9-27)33(30,31)17-5-3-12-32-17/h3,5-7,12-13,29H,8-11H2,1H3. The van der Waals surface area contributed by atoms with Crippen LogP contribution in [-0.2, 0) is 15.6 Å². The number of benzene rings is 1. The van der Waals surface area contributed by atoms with Gasteiger partial charge in [0.05, 0.1) is 5.69 Å². The number of rotatable bonds is 4. The van der Waals surface area contributed by atoms with Gasteiger partial charge in [-0.2, -0.15) is 30.6 Å². The quantitative estimate of drug-likeness (QED) is 0.498. The van der Waals surface area contributed by atoms with E-state index in [1.807, 2.05) is 0 Å². The van der Waals surface area contributed by atoms with Crippen molar-refractivity contribution in [1.29, 1.82) is 0 Å². The molecule has 1 aliphatic rings. The van der Waals surface area contributed by atoms with Crippen LogP contribution in [0, 0.1) is 11.8 Å². The van der Waals surface area contributed by atoms with Gasteiger partial charge in [0, 0.05) is 37.3 Å². The normalized spacial score (nSPS) is 16.4. The molecule has 33 heavy (non-hydrogen) atoms. The van der Waals surface area contributed by atoms with E-state index in [0.717, 1.165) is 17.4 Å². The fourth-order valence-corrected chi connectivity index (χ4v) is 6.03. The molecule has 1 aromatic heterocycles. The molecule has 2 heterocycles. The third-order valence-corrected chi connectivity index (χ3v) is 8.43. The van der Waals surface area contributed by atoms with E-state index >= 15 is 0 Å². The average Bonchev–Trinajstić information content (AvgIpc) is 3.28. The molecule has 1 aromatic carbocycles. The van der Waals surface area contributed by atoms with Crippen molar-refractivity contribution in [3.63, 3.8) is 0 Å². The Bertz CT molecular complexity index is 1140. The maximum Gasteiger partial charge on any atom is 0.430 e. The Hall–Kier alpha value is -2.27. The molecule has 0 saturated carbocycles. The van der Waals surface area contributed by atoms with Crippen LogP contribution in [-0.4, -0.2) is 56.4 Å². The molecule has 1 saturated heterocycles. The second-order valence-corrected chi connectivity index (χ2v) is 10.2. The van der Waals surface area contributed by atoms with E-state index in [-0.39, 0.29) is 41.6 Å². The number of hydrogen-bond acceptors (Lipinski definition) is 5. The summed E-state index contributed by atoms with van der Waals surface area (Å²) in [6.45, 7) is 1.78. The summed E-state index contributed by atoms with van der Waals surface area (Å²) in [4.78, 5) is 1.63. The zero-order valence-electron chi connectivity index (χ0n) is 17.0. The molecule has 5 nitrogen and oxygen atoms in total. The number of alkyl halides is 6. The maximum absolute atomic E-state index is 13.3. The van der Waals surface area contributed by atoms with Gasteiger partial charge >= 0.3 is 12.4 Å². The minimum Gasteiger partial charge on any atom is -0.369 e. The Balaban J connectivity index is 1.92. The molecule has 180 valence electrons. The molecule has 3 rings (SSSR count). The predicted molar refractivity (Wildman–Crippen MR) is 110 cm³/mol. The van der Waals surface area contributed by atoms with Gasteiger partial charge in [-0.25, -0.2) is 8.42 Å². The molecule has 0 amide bonds. The first-order valence-electron chi connectivity index (χ1n) is 9.45. The van der Waals surface area contributed by atoms with Crippen molar-refractivity contribution in [2.24, 2.45) is 0 Å². The highest BCUT2D eigenvalue weighted by molar-refractivity contribution is 7.91. The van der Waals surface area contributed by atoms with Gasteiger partial charge in [-0.15, -0.1) is 17.3 Å². The van der Waals surface area contributed by atoms with Crippen molar-refractivity contribution in [1.82, 2.24) is 4.31 Å². The highest BCUT2D eigenvalue weighted by Gasteiger charge is 2.71. The molecule has 1 fully saturated rings. The summed E-state index contributed by atoms with van der Waals surface area (Å²) in [6, 6.07) is 5.24. The minimum absolute atomic E-state index is 0.0655. The fourth-order valence-electron chi connectivity index (χ4n) is 3.47. The number of anilines is 1. The highest BCUT2D eigenvalue weighted by Crippen LogP contribution is 2.50. The summed E-state index contributed by atoms with van der Waals surface area (Å²) in [5.74, 6) is 4.93. The van der Waals surface area contributed by atoms with Crippen molar-refractivity contribution in [3.05, 3.63) is 46.8 Å². The lowest BCUT2D eigenvalue weighted by atomic mass is 9.90. The number of thiophene rings is 1. The lowest BCUT2D eigenvalue weighted by Gasteiger charge is -2.36. The van der Waals surface area contributed by atoms with Crippen molar-refractivity contribution < 1.29 is 39.9 Å². The van der Waals surface area contributed by atoms with E-state index in [1.54, 1.807) is 16.3 Å². The van der Waals surface area contributed by atoms with Gasteiger partial charge in [0.2, 0.25) is 0 Å². The third-order valence-electron chi connectivity index (χ3n) is 5.16. The van der Waals surface area contributed by atoms with Crippen LogP contribution in [0.15, 0.2) is 39.9 Å². The molecule has 1 aliphatic heterocycles. The van der Waals surface area contributed by atoms with Crippen LogP contribution in [0.1, 0.15) is 18.1 Å². The Morgan fingerprint density at radius 3 is 2.09 bits per heavy atom. The maximum atomic E-state index is 13.3. The summed E-state index contributed by atoms with van der Waals surface area (Å²) >= 11 is 1.07. The first kappa shape index (κ1) is 25.4. The van der Waals surface area contributed by atoms with E-state index in [1.165, 1.54) is 17.3 Å². The van der Waals surface area contributed by atoms with Crippen LogP contribution in [0.25, 0.3) is 0 Å². The van der Waals surface area contributed by atoms with Crippen molar-refractivity contribution in [2.75, 3.05) is 31.1 Å². The lowest BCUT2D eigenvalue weighted by Crippen LogP contribution is -2.54. The van der Waals surface area contributed by atoms with Gasteiger partial charge in [-0.1, -0.05) is 18.1 Å². The van der Waals surface area contributed by atoms with Gasteiger partial charge in [-0.05, 0) is 30.5 Å². The average molecular weight is 512 g/mol. The number of sulfonamides is 1. The molecule has 0 bridgehead atoms. The summed E-state index contributed by atoms with van der Waals surface area (Å²) in [7, 11) is -3.69. The Morgan fingerprint density at radius 1 is 1.00 bits per heavy atom. The van der Waals surface area contributed by atoms with Crippen molar-refractivity contribution in [3.8, 4) is 11.8 Å².